The maximum absolute atomic E-state index is 6.06. The normalized spacial score (nSPS) is 10.7. The molecule has 0 radical (unpaired) electrons. The zero-order chi connectivity index (χ0) is 13.9. The fraction of sp³-hybridized carbons (Fsp3) is 0.0769. The molecule has 20 heavy (non-hydrogen) atoms. The molecule has 0 spiro atoms. The van der Waals surface area contributed by atoms with Gasteiger partial charge in [0.2, 0.25) is 5.82 Å². The van der Waals surface area contributed by atoms with Crippen LogP contribution in [0.1, 0.15) is 5.89 Å². The van der Waals surface area contributed by atoms with E-state index in [-0.39, 0.29) is 6.61 Å². The topological polar surface area (TPSA) is 48.2 Å². The van der Waals surface area contributed by atoms with Crippen molar-refractivity contribution in [2.45, 2.75) is 6.61 Å². The van der Waals surface area contributed by atoms with Crippen LogP contribution in [-0.4, -0.2) is 10.1 Å². The Bertz CT molecular complexity index is 715. The SMILES string of the molecule is Clc1cc(Br)ccc1OCc1nc(-c2ccsc2)no1. The first kappa shape index (κ1) is 13.6. The summed E-state index contributed by atoms with van der Waals surface area (Å²) in [5.41, 5.74) is 0.937. The minimum atomic E-state index is 0.179. The number of rotatable bonds is 4. The van der Waals surface area contributed by atoms with Gasteiger partial charge in [-0.1, -0.05) is 32.7 Å². The molecule has 0 saturated carbocycles. The molecule has 0 aliphatic rings. The standard InChI is InChI=1S/C13H8BrClN2O2S/c14-9-1-2-11(10(15)5-9)18-6-12-16-13(17-19-12)8-3-4-20-7-8/h1-5,7H,6H2. The molecule has 0 aliphatic carbocycles. The zero-order valence-electron chi connectivity index (χ0n) is 10.0. The summed E-state index contributed by atoms with van der Waals surface area (Å²) in [4.78, 5) is 4.27. The van der Waals surface area contributed by atoms with E-state index in [1.165, 1.54) is 0 Å². The molecular formula is C13H8BrClN2O2S. The zero-order valence-corrected chi connectivity index (χ0v) is 13.2. The van der Waals surface area contributed by atoms with Gasteiger partial charge < -0.3 is 9.26 Å². The Morgan fingerprint density at radius 3 is 3.00 bits per heavy atom. The van der Waals surface area contributed by atoms with Gasteiger partial charge >= 0.3 is 0 Å². The van der Waals surface area contributed by atoms with Gasteiger partial charge in [-0.15, -0.1) is 0 Å². The molecular weight excluding hydrogens is 364 g/mol. The van der Waals surface area contributed by atoms with Crippen molar-refractivity contribution in [1.82, 2.24) is 10.1 Å². The molecule has 2 aromatic heterocycles. The maximum Gasteiger partial charge on any atom is 0.264 e. The lowest BCUT2D eigenvalue weighted by Crippen LogP contribution is -1.96. The number of nitrogens with zero attached hydrogens (tertiary/aromatic N) is 2. The highest BCUT2D eigenvalue weighted by molar-refractivity contribution is 9.10. The van der Waals surface area contributed by atoms with Crippen LogP contribution in [0.3, 0.4) is 0 Å². The molecule has 0 aliphatic heterocycles. The minimum absolute atomic E-state index is 0.179. The lowest BCUT2D eigenvalue weighted by Gasteiger charge is -2.05. The number of thiophene rings is 1. The lowest BCUT2D eigenvalue weighted by atomic mass is 10.3. The van der Waals surface area contributed by atoms with E-state index < -0.39 is 0 Å². The summed E-state index contributed by atoms with van der Waals surface area (Å²) in [6.45, 7) is 0.179. The van der Waals surface area contributed by atoms with Gasteiger partial charge in [0.05, 0.1) is 5.02 Å². The predicted molar refractivity (Wildman–Crippen MR) is 81.1 cm³/mol. The van der Waals surface area contributed by atoms with Gasteiger partial charge in [0.15, 0.2) is 6.61 Å². The Hall–Kier alpha value is -1.37. The maximum atomic E-state index is 6.06. The molecule has 0 N–H and O–H groups in total. The van der Waals surface area contributed by atoms with Crippen LogP contribution < -0.4 is 4.74 Å². The second-order valence-electron chi connectivity index (χ2n) is 3.89. The van der Waals surface area contributed by atoms with Gasteiger partial charge in [-0.2, -0.15) is 16.3 Å². The highest BCUT2D eigenvalue weighted by Gasteiger charge is 2.10. The Kier molecular flexibility index (Phi) is 4.05. The summed E-state index contributed by atoms with van der Waals surface area (Å²) >= 11 is 11.0. The monoisotopic (exact) mass is 370 g/mol. The highest BCUT2D eigenvalue weighted by Crippen LogP contribution is 2.28. The molecule has 3 rings (SSSR count). The van der Waals surface area contributed by atoms with Gasteiger partial charge in [0.1, 0.15) is 5.75 Å². The lowest BCUT2D eigenvalue weighted by molar-refractivity contribution is 0.243. The van der Waals surface area contributed by atoms with Crippen molar-refractivity contribution in [3.05, 3.63) is 50.4 Å². The number of hydrogen-bond acceptors (Lipinski definition) is 5. The van der Waals surface area contributed by atoms with E-state index in [2.05, 4.69) is 26.1 Å². The summed E-state index contributed by atoms with van der Waals surface area (Å²) in [5, 5.41) is 8.35. The summed E-state index contributed by atoms with van der Waals surface area (Å²) < 4.78 is 11.6. The average molecular weight is 372 g/mol. The van der Waals surface area contributed by atoms with E-state index >= 15 is 0 Å². The Labute approximate surface area is 132 Å². The third-order valence-corrected chi connectivity index (χ3v) is 3.96. The van der Waals surface area contributed by atoms with Crippen molar-refractivity contribution < 1.29 is 9.26 Å². The molecule has 102 valence electrons. The molecule has 4 nitrogen and oxygen atoms in total. The number of halogens is 2. The molecule has 0 fully saturated rings. The molecule has 0 bridgehead atoms. The summed E-state index contributed by atoms with van der Waals surface area (Å²) in [5.74, 6) is 1.54. The molecule has 0 unspecified atom stereocenters. The molecule has 0 amide bonds. The first-order chi connectivity index (χ1) is 9.72. The van der Waals surface area contributed by atoms with Crippen molar-refractivity contribution in [2.24, 2.45) is 0 Å². The van der Waals surface area contributed by atoms with E-state index in [1.807, 2.05) is 22.9 Å². The summed E-state index contributed by atoms with van der Waals surface area (Å²) in [7, 11) is 0. The number of benzene rings is 1. The van der Waals surface area contributed by atoms with E-state index in [0.29, 0.717) is 22.5 Å². The third kappa shape index (κ3) is 3.03. The fourth-order valence-corrected chi connectivity index (χ4v) is 2.92. The van der Waals surface area contributed by atoms with Crippen molar-refractivity contribution in [2.75, 3.05) is 0 Å². The number of aromatic nitrogens is 2. The van der Waals surface area contributed by atoms with Crippen molar-refractivity contribution in [1.29, 1.82) is 0 Å². The van der Waals surface area contributed by atoms with Gasteiger partial charge in [0, 0.05) is 15.4 Å². The highest BCUT2D eigenvalue weighted by atomic mass is 79.9. The molecule has 0 atom stereocenters. The largest absolute Gasteiger partial charge is 0.482 e. The summed E-state index contributed by atoms with van der Waals surface area (Å²) in [6.07, 6.45) is 0. The molecule has 7 heteroatoms. The van der Waals surface area contributed by atoms with Crippen LogP contribution in [0.2, 0.25) is 5.02 Å². The van der Waals surface area contributed by atoms with Gasteiger partial charge in [-0.3, -0.25) is 0 Å². The number of ether oxygens (including phenoxy) is 1. The van der Waals surface area contributed by atoms with Gasteiger partial charge in [0.25, 0.3) is 5.89 Å². The van der Waals surface area contributed by atoms with Crippen LogP contribution in [0.5, 0.6) is 5.75 Å². The second kappa shape index (κ2) is 5.95. The third-order valence-electron chi connectivity index (χ3n) is 2.49. The molecule has 2 heterocycles. The van der Waals surface area contributed by atoms with E-state index in [9.17, 15) is 0 Å². The van der Waals surface area contributed by atoms with Crippen LogP contribution in [0.4, 0.5) is 0 Å². The summed E-state index contributed by atoms with van der Waals surface area (Å²) in [6, 6.07) is 7.33. The first-order valence-electron chi connectivity index (χ1n) is 5.65. The Morgan fingerprint density at radius 1 is 1.35 bits per heavy atom. The quantitative estimate of drug-likeness (QED) is 0.661. The molecule has 1 aromatic carbocycles. The van der Waals surface area contributed by atoms with Crippen LogP contribution >= 0.6 is 38.9 Å². The van der Waals surface area contributed by atoms with Crippen LogP contribution in [0.15, 0.2) is 44.0 Å². The van der Waals surface area contributed by atoms with Crippen molar-refractivity contribution in [3.8, 4) is 17.1 Å². The van der Waals surface area contributed by atoms with Crippen molar-refractivity contribution in [3.63, 3.8) is 0 Å². The van der Waals surface area contributed by atoms with Crippen LogP contribution in [0, 0.1) is 0 Å². The van der Waals surface area contributed by atoms with Gasteiger partial charge in [-0.05, 0) is 29.6 Å². The fourth-order valence-electron chi connectivity index (χ4n) is 1.55. The van der Waals surface area contributed by atoms with Gasteiger partial charge in [-0.25, -0.2) is 0 Å². The molecule has 0 saturated heterocycles. The minimum Gasteiger partial charge on any atom is -0.482 e. The van der Waals surface area contributed by atoms with E-state index in [1.54, 1.807) is 23.5 Å². The Morgan fingerprint density at radius 2 is 2.25 bits per heavy atom. The smallest absolute Gasteiger partial charge is 0.264 e. The predicted octanol–water partition coefficient (Wildman–Crippen LogP) is 4.79. The first-order valence-corrected chi connectivity index (χ1v) is 7.77. The number of hydrogen-bond donors (Lipinski definition) is 0. The molecule has 3 aromatic rings. The van der Waals surface area contributed by atoms with Crippen LogP contribution in [-0.2, 0) is 6.61 Å². The van der Waals surface area contributed by atoms with Crippen molar-refractivity contribution >= 4 is 38.9 Å². The second-order valence-corrected chi connectivity index (χ2v) is 5.99. The van der Waals surface area contributed by atoms with E-state index in [0.717, 1.165) is 10.0 Å². The average Bonchev–Trinajstić information content (AvgIpc) is 3.08. The van der Waals surface area contributed by atoms with E-state index in [4.69, 9.17) is 20.9 Å². The van der Waals surface area contributed by atoms with Crippen LogP contribution in [0.25, 0.3) is 11.4 Å². The Balaban J connectivity index is 1.70.